The first-order chi connectivity index (χ1) is 9.29. The Kier molecular flexibility index (Phi) is 4.26. The van der Waals surface area contributed by atoms with E-state index in [1.807, 2.05) is 0 Å². The first kappa shape index (κ1) is 15.1. The Morgan fingerprint density at radius 1 is 1.30 bits per heavy atom. The average molecular weight is 381 g/mol. The molecule has 1 aromatic carbocycles. The summed E-state index contributed by atoms with van der Waals surface area (Å²) in [6.07, 6.45) is 2.18. The first-order valence-electron chi connectivity index (χ1n) is 5.25. The lowest BCUT2D eigenvalue weighted by Crippen LogP contribution is -2.14. The highest BCUT2D eigenvalue weighted by Crippen LogP contribution is 2.26. The summed E-state index contributed by atoms with van der Waals surface area (Å²) in [5, 5.41) is -0.0512. The number of anilines is 1. The molecule has 0 unspecified atom stereocenters. The van der Waals surface area contributed by atoms with Gasteiger partial charge in [0.1, 0.15) is 10.7 Å². The van der Waals surface area contributed by atoms with E-state index in [-0.39, 0.29) is 20.3 Å². The van der Waals surface area contributed by atoms with Gasteiger partial charge in [-0.2, -0.15) is 0 Å². The third-order valence-corrected chi connectivity index (χ3v) is 4.54. The highest BCUT2D eigenvalue weighted by Gasteiger charge is 2.17. The van der Waals surface area contributed by atoms with Gasteiger partial charge in [0.25, 0.3) is 10.0 Å². The van der Waals surface area contributed by atoms with E-state index in [0.29, 0.717) is 5.56 Å². The van der Waals surface area contributed by atoms with E-state index in [4.69, 9.17) is 11.6 Å². The van der Waals surface area contributed by atoms with Crippen LogP contribution < -0.4 is 4.72 Å². The summed E-state index contributed by atoms with van der Waals surface area (Å²) in [5.74, 6) is -0.472. The van der Waals surface area contributed by atoms with Gasteiger partial charge in [-0.1, -0.05) is 0 Å². The molecular formula is C11H8BrClFN3O2S. The maximum atomic E-state index is 13.3. The van der Waals surface area contributed by atoms with Crippen LogP contribution in [-0.2, 0) is 10.0 Å². The molecule has 1 heterocycles. The number of nitrogens with one attached hydrogen (secondary N) is 1. The summed E-state index contributed by atoms with van der Waals surface area (Å²) in [5.41, 5.74) is 0.706. The fourth-order valence-electron chi connectivity index (χ4n) is 1.40. The predicted molar refractivity (Wildman–Crippen MR) is 76.7 cm³/mol. The summed E-state index contributed by atoms with van der Waals surface area (Å²) >= 11 is 8.50. The zero-order chi connectivity index (χ0) is 14.9. The molecule has 0 aliphatic heterocycles. The molecule has 0 fully saturated rings. The van der Waals surface area contributed by atoms with Crippen molar-refractivity contribution in [1.29, 1.82) is 0 Å². The van der Waals surface area contributed by atoms with Gasteiger partial charge in [0.2, 0.25) is 5.28 Å². The molecular weight excluding hydrogens is 373 g/mol. The molecule has 20 heavy (non-hydrogen) atoms. The van der Waals surface area contributed by atoms with Gasteiger partial charge in [-0.25, -0.2) is 22.8 Å². The van der Waals surface area contributed by atoms with E-state index in [1.54, 1.807) is 6.92 Å². The maximum Gasteiger partial charge on any atom is 0.264 e. The van der Waals surface area contributed by atoms with Crippen LogP contribution >= 0.6 is 27.5 Å². The Morgan fingerprint density at radius 3 is 2.50 bits per heavy atom. The molecule has 5 nitrogen and oxygen atoms in total. The molecule has 1 N–H and O–H groups in total. The lowest BCUT2D eigenvalue weighted by molar-refractivity contribution is 0.599. The Labute approximate surface area is 128 Å². The fraction of sp³-hybridized carbons (Fsp3) is 0.0909. The van der Waals surface area contributed by atoms with Crippen LogP contribution in [0.15, 0.2) is 33.9 Å². The molecule has 0 aliphatic rings. The number of aryl methyl sites for hydroxylation is 1. The summed E-state index contributed by atoms with van der Waals surface area (Å²) < 4.78 is 40.0. The van der Waals surface area contributed by atoms with Crippen LogP contribution in [0, 0.1) is 12.7 Å². The lowest BCUT2D eigenvalue weighted by atomic mass is 10.2. The standard InChI is InChI=1S/C11H8BrClFN3O2S/c1-6-2-9(14)8(12)3-10(6)17-20(18,19)7-4-15-11(13)16-5-7/h2-5,17H,1H3. The number of aromatic nitrogens is 2. The quantitative estimate of drug-likeness (QED) is 0.830. The van der Waals surface area contributed by atoms with Gasteiger partial charge in [-0.05, 0) is 52.2 Å². The Balaban J connectivity index is 2.38. The van der Waals surface area contributed by atoms with Crippen LogP contribution in [0.4, 0.5) is 10.1 Å². The van der Waals surface area contributed by atoms with Gasteiger partial charge in [-0.15, -0.1) is 0 Å². The summed E-state index contributed by atoms with van der Waals surface area (Å²) in [6, 6.07) is 2.57. The lowest BCUT2D eigenvalue weighted by Gasteiger charge is -2.11. The number of rotatable bonds is 3. The molecule has 0 radical (unpaired) electrons. The van der Waals surface area contributed by atoms with Gasteiger partial charge < -0.3 is 0 Å². The van der Waals surface area contributed by atoms with Crippen molar-refractivity contribution in [3.8, 4) is 0 Å². The molecule has 9 heteroatoms. The zero-order valence-electron chi connectivity index (χ0n) is 10.1. The van der Waals surface area contributed by atoms with E-state index < -0.39 is 15.8 Å². The van der Waals surface area contributed by atoms with Crippen molar-refractivity contribution in [2.45, 2.75) is 11.8 Å². The van der Waals surface area contributed by atoms with Crippen molar-refractivity contribution >= 4 is 43.2 Å². The van der Waals surface area contributed by atoms with E-state index in [0.717, 1.165) is 12.4 Å². The minimum atomic E-state index is -3.86. The van der Waals surface area contributed by atoms with Gasteiger partial charge >= 0.3 is 0 Å². The van der Waals surface area contributed by atoms with Gasteiger partial charge in [0.05, 0.1) is 22.6 Å². The van der Waals surface area contributed by atoms with Gasteiger partial charge in [0, 0.05) is 0 Å². The van der Waals surface area contributed by atoms with Crippen LogP contribution in [0.1, 0.15) is 5.56 Å². The molecule has 0 saturated carbocycles. The van der Waals surface area contributed by atoms with Gasteiger partial charge in [0.15, 0.2) is 0 Å². The SMILES string of the molecule is Cc1cc(F)c(Br)cc1NS(=O)(=O)c1cnc(Cl)nc1. The number of nitrogens with zero attached hydrogens (tertiary/aromatic N) is 2. The number of hydrogen-bond acceptors (Lipinski definition) is 4. The minimum absolute atomic E-state index is 0.0512. The molecule has 0 atom stereocenters. The summed E-state index contributed by atoms with van der Waals surface area (Å²) in [7, 11) is -3.86. The highest BCUT2D eigenvalue weighted by atomic mass is 79.9. The third-order valence-electron chi connectivity index (χ3n) is 2.42. The molecule has 0 bridgehead atoms. The number of hydrogen-bond donors (Lipinski definition) is 1. The molecule has 2 rings (SSSR count). The van der Waals surface area contributed by atoms with Crippen molar-refractivity contribution in [2.24, 2.45) is 0 Å². The smallest absolute Gasteiger partial charge is 0.264 e. The molecule has 0 saturated heterocycles. The highest BCUT2D eigenvalue weighted by molar-refractivity contribution is 9.10. The average Bonchev–Trinajstić information content (AvgIpc) is 2.36. The molecule has 1 aromatic heterocycles. The van der Waals surface area contributed by atoms with Gasteiger partial charge in [-0.3, -0.25) is 4.72 Å². The topological polar surface area (TPSA) is 72.0 Å². The van der Waals surface area contributed by atoms with Crippen molar-refractivity contribution < 1.29 is 12.8 Å². The largest absolute Gasteiger partial charge is 0.279 e. The Hall–Kier alpha value is -1.25. The summed E-state index contributed by atoms with van der Waals surface area (Å²) in [6.45, 7) is 1.59. The van der Waals surface area contributed by atoms with E-state index in [9.17, 15) is 12.8 Å². The minimum Gasteiger partial charge on any atom is -0.279 e. The second-order valence-corrected chi connectivity index (χ2v) is 6.75. The van der Waals surface area contributed by atoms with Crippen molar-refractivity contribution in [2.75, 3.05) is 4.72 Å². The number of halogens is 3. The number of benzene rings is 1. The predicted octanol–water partition coefficient (Wildman–Crippen LogP) is 3.14. The van der Waals surface area contributed by atoms with Crippen LogP contribution in [0.2, 0.25) is 5.28 Å². The van der Waals surface area contributed by atoms with Crippen LogP contribution in [0.3, 0.4) is 0 Å². The number of sulfonamides is 1. The maximum absolute atomic E-state index is 13.3. The van der Waals surface area contributed by atoms with Crippen molar-refractivity contribution in [1.82, 2.24) is 9.97 Å². The molecule has 0 aliphatic carbocycles. The Bertz CT molecular complexity index is 753. The van der Waals surface area contributed by atoms with Crippen molar-refractivity contribution in [3.63, 3.8) is 0 Å². The molecule has 106 valence electrons. The van der Waals surface area contributed by atoms with E-state index in [2.05, 4.69) is 30.6 Å². The first-order valence-corrected chi connectivity index (χ1v) is 7.91. The molecule has 0 spiro atoms. The molecule has 2 aromatic rings. The zero-order valence-corrected chi connectivity index (χ0v) is 13.2. The van der Waals surface area contributed by atoms with Crippen LogP contribution in [0.25, 0.3) is 0 Å². The second-order valence-electron chi connectivity index (χ2n) is 3.87. The van der Waals surface area contributed by atoms with E-state index in [1.165, 1.54) is 12.1 Å². The normalized spacial score (nSPS) is 11.4. The van der Waals surface area contributed by atoms with Crippen LogP contribution in [0.5, 0.6) is 0 Å². The summed E-state index contributed by atoms with van der Waals surface area (Å²) in [4.78, 5) is 7.08. The molecule has 0 amide bonds. The van der Waals surface area contributed by atoms with Crippen LogP contribution in [-0.4, -0.2) is 18.4 Å². The fourth-order valence-corrected chi connectivity index (χ4v) is 2.85. The monoisotopic (exact) mass is 379 g/mol. The third kappa shape index (κ3) is 3.25. The second kappa shape index (κ2) is 5.63. The van der Waals surface area contributed by atoms with E-state index >= 15 is 0 Å². The Morgan fingerprint density at radius 2 is 1.90 bits per heavy atom. The van der Waals surface area contributed by atoms with Crippen molar-refractivity contribution in [3.05, 3.63) is 45.7 Å².